The normalized spacial score (nSPS) is 11.2. The van der Waals surface area contributed by atoms with Gasteiger partial charge in [0.2, 0.25) is 0 Å². The number of hydrogen-bond donors (Lipinski definition) is 2. The SMILES string of the molecule is C/C(=N\NC(=O)COc1ccccc1Cl)c1cc(F)ccc1O. The van der Waals surface area contributed by atoms with Crippen molar-refractivity contribution in [1.29, 1.82) is 0 Å². The highest BCUT2D eigenvalue weighted by molar-refractivity contribution is 6.32. The maximum Gasteiger partial charge on any atom is 0.277 e. The molecular formula is C16H14ClFN2O3. The summed E-state index contributed by atoms with van der Waals surface area (Å²) in [7, 11) is 0. The molecule has 0 fully saturated rings. The van der Waals surface area contributed by atoms with Crippen molar-refractivity contribution in [3.8, 4) is 11.5 Å². The number of carbonyl (C=O) groups is 1. The van der Waals surface area contributed by atoms with Crippen molar-refractivity contribution >= 4 is 23.2 Å². The lowest BCUT2D eigenvalue weighted by Gasteiger charge is -2.07. The van der Waals surface area contributed by atoms with Crippen LogP contribution in [-0.4, -0.2) is 23.3 Å². The van der Waals surface area contributed by atoms with Gasteiger partial charge in [-0.2, -0.15) is 5.10 Å². The van der Waals surface area contributed by atoms with Crippen LogP contribution in [0.1, 0.15) is 12.5 Å². The second-order valence-electron chi connectivity index (χ2n) is 4.61. The molecule has 1 amide bonds. The van der Waals surface area contributed by atoms with Crippen LogP contribution in [0.15, 0.2) is 47.6 Å². The summed E-state index contributed by atoms with van der Waals surface area (Å²) in [6.07, 6.45) is 0. The molecular weight excluding hydrogens is 323 g/mol. The molecule has 0 aliphatic rings. The van der Waals surface area contributed by atoms with Gasteiger partial charge in [0.25, 0.3) is 5.91 Å². The minimum Gasteiger partial charge on any atom is -0.507 e. The van der Waals surface area contributed by atoms with E-state index in [1.54, 1.807) is 24.3 Å². The topological polar surface area (TPSA) is 70.9 Å². The van der Waals surface area contributed by atoms with E-state index in [0.29, 0.717) is 10.8 Å². The summed E-state index contributed by atoms with van der Waals surface area (Å²) in [5.41, 5.74) is 2.71. The zero-order valence-corrected chi connectivity index (χ0v) is 13.0. The van der Waals surface area contributed by atoms with E-state index >= 15 is 0 Å². The summed E-state index contributed by atoms with van der Waals surface area (Å²) >= 11 is 5.90. The fourth-order valence-electron chi connectivity index (χ4n) is 1.74. The first-order valence-corrected chi connectivity index (χ1v) is 7.04. The quantitative estimate of drug-likeness (QED) is 0.651. The van der Waals surface area contributed by atoms with E-state index in [9.17, 15) is 14.3 Å². The number of hydrogen-bond acceptors (Lipinski definition) is 4. The van der Waals surface area contributed by atoms with Gasteiger partial charge in [-0.25, -0.2) is 9.82 Å². The number of amides is 1. The number of para-hydroxylation sites is 1. The summed E-state index contributed by atoms with van der Waals surface area (Å²) in [6, 6.07) is 10.2. The molecule has 0 radical (unpaired) electrons. The van der Waals surface area contributed by atoms with Crippen molar-refractivity contribution in [1.82, 2.24) is 5.43 Å². The Hall–Kier alpha value is -2.60. The van der Waals surface area contributed by atoms with Crippen molar-refractivity contribution in [3.05, 3.63) is 58.9 Å². The fourth-order valence-corrected chi connectivity index (χ4v) is 1.93. The van der Waals surface area contributed by atoms with E-state index in [2.05, 4.69) is 10.5 Å². The lowest BCUT2D eigenvalue weighted by Crippen LogP contribution is -2.25. The highest BCUT2D eigenvalue weighted by atomic mass is 35.5. The average molecular weight is 337 g/mol. The number of phenols is 1. The number of rotatable bonds is 5. The molecule has 0 unspecified atom stereocenters. The monoisotopic (exact) mass is 336 g/mol. The molecule has 0 aliphatic carbocycles. The summed E-state index contributed by atoms with van der Waals surface area (Å²) < 4.78 is 18.4. The van der Waals surface area contributed by atoms with Gasteiger partial charge in [0.15, 0.2) is 6.61 Å². The zero-order valence-electron chi connectivity index (χ0n) is 12.2. The first-order chi connectivity index (χ1) is 11.0. The second-order valence-corrected chi connectivity index (χ2v) is 5.02. The summed E-state index contributed by atoms with van der Waals surface area (Å²) in [5.74, 6) is -0.775. The maximum atomic E-state index is 13.2. The molecule has 5 nitrogen and oxygen atoms in total. The predicted octanol–water partition coefficient (Wildman–Crippen LogP) is 3.10. The lowest BCUT2D eigenvalue weighted by molar-refractivity contribution is -0.123. The molecule has 0 heterocycles. The third-order valence-electron chi connectivity index (χ3n) is 2.89. The third kappa shape index (κ3) is 4.69. The van der Waals surface area contributed by atoms with Crippen LogP contribution in [0.25, 0.3) is 0 Å². The number of hydrazone groups is 1. The molecule has 0 bridgehead atoms. The summed E-state index contributed by atoms with van der Waals surface area (Å²) in [6.45, 7) is 1.25. The number of phenolic OH excluding ortho intramolecular Hbond substituents is 1. The fraction of sp³-hybridized carbons (Fsp3) is 0.125. The number of ether oxygens (including phenoxy) is 1. The van der Waals surface area contributed by atoms with Crippen LogP contribution in [0, 0.1) is 5.82 Å². The number of halogens is 2. The highest BCUT2D eigenvalue weighted by Crippen LogP contribution is 2.22. The van der Waals surface area contributed by atoms with Gasteiger partial charge in [-0.3, -0.25) is 4.79 Å². The van der Waals surface area contributed by atoms with Crippen LogP contribution >= 0.6 is 11.6 Å². The predicted molar refractivity (Wildman–Crippen MR) is 85.4 cm³/mol. The van der Waals surface area contributed by atoms with Gasteiger partial charge < -0.3 is 9.84 Å². The highest BCUT2D eigenvalue weighted by Gasteiger charge is 2.08. The van der Waals surface area contributed by atoms with Gasteiger partial charge in [0.05, 0.1) is 10.7 Å². The van der Waals surface area contributed by atoms with E-state index in [1.807, 2.05) is 0 Å². The first-order valence-electron chi connectivity index (χ1n) is 6.66. The number of benzene rings is 2. The Kier molecular flexibility index (Phi) is 5.54. The summed E-state index contributed by atoms with van der Waals surface area (Å²) in [4.78, 5) is 11.7. The molecule has 7 heteroatoms. The Bertz CT molecular complexity index is 750. The van der Waals surface area contributed by atoms with Gasteiger partial charge in [-0.1, -0.05) is 23.7 Å². The Morgan fingerprint density at radius 1 is 1.35 bits per heavy atom. The van der Waals surface area contributed by atoms with E-state index in [4.69, 9.17) is 16.3 Å². The molecule has 120 valence electrons. The van der Waals surface area contributed by atoms with Crippen molar-refractivity contribution in [2.45, 2.75) is 6.92 Å². The zero-order chi connectivity index (χ0) is 16.8. The summed E-state index contributed by atoms with van der Waals surface area (Å²) in [5, 5.41) is 13.9. The van der Waals surface area contributed by atoms with E-state index in [0.717, 1.165) is 12.1 Å². The smallest absolute Gasteiger partial charge is 0.277 e. The Labute approximate surface area is 137 Å². The van der Waals surface area contributed by atoms with Crippen LogP contribution in [0.3, 0.4) is 0 Å². The second kappa shape index (κ2) is 7.60. The lowest BCUT2D eigenvalue weighted by atomic mass is 10.1. The number of nitrogens with one attached hydrogen (secondary N) is 1. The van der Waals surface area contributed by atoms with Gasteiger partial charge in [0, 0.05) is 5.56 Å². The number of nitrogens with zero attached hydrogens (tertiary/aromatic N) is 1. The molecule has 23 heavy (non-hydrogen) atoms. The molecule has 0 atom stereocenters. The van der Waals surface area contributed by atoms with Gasteiger partial charge in [-0.15, -0.1) is 0 Å². The molecule has 0 spiro atoms. The Balaban J connectivity index is 1.95. The minimum atomic E-state index is -0.514. The van der Waals surface area contributed by atoms with Crippen molar-refractivity contribution in [2.24, 2.45) is 5.10 Å². The number of aromatic hydroxyl groups is 1. The molecule has 2 aromatic carbocycles. The van der Waals surface area contributed by atoms with Crippen LogP contribution in [-0.2, 0) is 4.79 Å². The molecule has 2 rings (SSSR count). The Morgan fingerprint density at radius 2 is 2.09 bits per heavy atom. The van der Waals surface area contributed by atoms with Crippen LogP contribution in [0.2, 0.25) is 5.02 Å². The van der Waals surface area contributed by atoms with Gasteiger partial charge in [-0.05, 0) is 37.3 Å². The molecule has 0 saturated heterocycles. The largest absolute Gasteiger partial charge is 0.507 e. The van der Waals surface area contributed by atoms with Crippen molar-refractivity contribution in [3.63, 3.8) is 0 Å². The standard InChI is InChI=1S/C16H14ClFN2O3/c1-10(12-8-11(18)6-7-14(12)21)19-20-16(22)9-23-15-5-3-2-4-13(15)17/h2-8,21H,9H2,1H3,(H,20,22)/b19-10+. The van der Waals surface area contributed by atoms with E-state index in [-0.39, 0.29) is 23.6 Å². The van der Waals surface area contributed by atoms with E-state index < -0.39 is 11.7 Å². The Morgan fingerprint density at radius 3 is 2.83 bits per heavy atom. The first kappa shape index (κ1) is 16.8. The third-order valence-corrected chi connectivity index (χ3v) is 3.20. The molecule has 2 N–H and O–H groups in total. The van der Waals surface area contributed by atoms with Crippen LogP contribution < -0.4 is 10.2 Å². The average Bonchev–Trinajstić information content (AvgIpc) is 2.54. The van der Waals surface area contributed by atoms with Crippen LogP contribution in [0.5, 0.6) is 11.5 Å². The molecule has 2 aromatic rings. The van der Waals surface area contributed by atoms with Crippen molar-refractivity contribution in [2.75, 3.05) is 6.61 Å². The van der Waals surface area contributed by atoms with Crippen LogP contribution in [0.4, 0.5) is 4.39 Å². The van der Waals surface area contributed by atoms with Gasteiger partial charge in [0.1, 0.15) is 17.3 Å². The maximum absolute atomic E-state index is 13.2. The number of carbonyl (C=O) groups excluding carboxylic acids is 1. The van der Waals surface area contributed by atoms with Crippen molar-refractivity contribution < 1.29 is 19.0 Å². The van der Waals surface area contributed by atoms with E-state index in [1.165, 1.54) is 13.0 Å². The molecule has 0 aromatic heterocycles. The molecule has 0 aliphatic heterocycles. The van der Waals surface area contributed by atoms with Gasteiger partial charge >= 0.3 is 0 Å². The minimum absolute atomic E-state index is 0.130. The molecule has 0 saturated carbocycles.